The molecule has 3 aromatic carbocycles. The summed E-state index contributed by atoms with van der Waals surface area (Å²) in [6.45, 7) is -0.0645. The first-order valence-electron chi connectivity index (χ1n) is 9.94. The van der Waals surface area contributed by atoms with Crippen molar-refractivity contribution in [2.75, 3.05) is 7.11 Å². The summed E-state index contributed by atoms with van der Waals surface area (Å²) in [6, 6.07) is 17.2. The van der Waals surface area contributed by atoms with Gasteiger partial charge in [0.25, 0.3) is 0 Å². The maximum Gasteiger partial charge on any atom is 0.356 e. The van der Waals surface area contributed by atoms with E-state index in [2.05, 4.69) is 10.3 Å². The lowest BCUT2D eigenvalue weighted by molar-refractivity contribution is 0.0344. The molecule has 0 atom stereocenters. The Labute approximate surface area is 203 Å². The van der Waals surface area contributed by atoms with Gasteiger partial charge in [0.15, 0.2) is 11.4 Å². The Bertz CT molecular complexity index is 1340. The predicted molar refractivity (Wildman–Crippen MR) is 124 cm³/mol. The van der Waals surface area contributed by atoms with Gasteiger partial charge in [0.1, 0.15) is 5.75 Å². The van der Waals surface area contributed by atoms with Crippen molar-refractivity contribution in [1.82, 2.24) is 15.0 Å². The Hall–Kier alpha value is -3.49. The van der Waals surface area contributed by atoms with Gasteiger partial charge in [-0.1, -0.05) is 64.8 Å². The summed E-state index contributed by atoms with van der Waals surface area (Å²) in [7, 11) is 1.51. The van der Waals surface area contributed by atoms with E-state index >= 15 is 8.78 Å². The van der Waals surface area contributed by atoms with Crippen LogP contribution in [0.2, 0.25) is 10.0 Å². The summed E-state index contributed by atoms with van der Waals surface area (Å²) in [5.41, 5.74) is -0.324. The van der Waals surface area contributed by atoms with Gasteiger partial charge in [-0.05, 0) is 41.5 Å². The van der Waals surface area contributed by atoms with Crippen molar-refractivity contribution in [2.45, 2.75) is 12.5 Å². The molecule has 1 aromatic heterocycles. The number of methoxy groups -OCH3 is 1. The van der Waals surface area contributed by atoms with Gasteiger partial charge in [0, 0.05) is 21.2 Å². The fourth-order valence-electron chi connectivity index (χ4n) is 3.46. The summed E-state index contributed by atoms with van der Waals surface area (Å²) < 4.78 is 36.9. The Morgan fingerprint density at radius 1 is 1.06 bits per heavy atom. The Kier molecular flexibility index (Phi) is 6.54. The van der Waals surface area contributed by atoms with Gasteiger partial charge in [0.05, 0.1) is 13.7 Å². The molecule has 4 rings (SSSR count). The smallest absolute Gasteiger partial charge is 0.356 e. The molecule has 174 valence electrons. The third kappa shape index (κ3) is 4.60. The average Bonchev–Trinajstić information content (AvgIpc) is 3.25. The molecule has 10 heteroatoms. The van der Waals surface area contributed by atoms with Gasteiger partial charge in [-0.25, -0.2) is 9.48 Å². The van der Waals surface area contributed by atoms with Crippen molar-refractivity contribution in [1.29, 1.82) is 0 Å². The lowest BCUT2D eigenvalue weighted by atomic mass is 9.99. The molecule has 0 aliphatic rings. The molecule has 0 fully saturated rings. The quantitative estimate of drug-likeness (QED) is 0.327. The number of carboxylic acids is 1. The maximum atomic E-state index is 15.5. The predicted octanol–water partition coefficient (Wildman–Crippen LogP) is 6.15. The fraction of sp³-hybridized carbons (Fsp3) is 0.125. The minimum absolute atomic E-state index is 0.0645. The number of nitrogens with zero attached hydrogens (tertiary/aromatic N) is 3. The number of carboxylic acid groups (broad SMARTS) is 1. The lowest BCUT2D eigenvalue weighted by Crippen LogP contribution is -2.21. The molecule has 0 spiro atoms. The summed E-state index contributed by atoms with van der Waals surface area (Å²) >= 11 is 12.2. The zero-order valence-corrected chi connectivity index (χ0v) is 19.2. The molecule has 0 bridgehead atoms. The molecular weight excluding hydrogens is 487 g/mol. The molecule has 4 aromatic rings. The van der Waals surface area contributed by atoms with Gasteiger partial charge in [-0.3, -0.25) is 0 Å². The maximum absolute atomic E-state index is 15.5. The zero-order chi connectivity index (χ0) is 24.5. The van der Waals surface area contributed by atoms with Crippen molar-refractivity contribution in [3.63, 3.8) is 0 Å². The van der Waals surface area contributed by atoms with Gasteiger partial charge >= 0.3 is 11.9 Å². The van der Waals surface area contributed by atoms with E-state index in [1.807, 2.05) is 0 Å². The van der Waals surface area contributed by atoms with Gasteiger partial charge in [-0.2, -0.15) is 8.78 Å². The van der Waals surface area contributed by atoms with Crippen LogP contribution in [0.15, 0.2) is 66.7 Å². The van der Waals surface area contributed by atoms with E-state index < -0.39 is 28.8 Å². The highest BCUT2D eigenvalue weighted by Gasteiger charge is 2.43. The Balaban J connectivity index is 1.69. The zero-order valence-electron chi connectivity index (χ0n) is 17.7. The second-order valence-electron chi connectivity index (χ2n) is 7.37. The van der Waals surface area contributed by atoms with Crippen LogP contribution in [0.4, 0.5) is 8.78 Å². The van der Waals surface area contributed by atoms with E-state index in [0.29, 0.717) is 27.5 Å². The first-order chi connectivity index (χ1) is 16.2. The molecule has 34 heavy (non-hydrogen) atoms. The van der Waals surface area contributed by atoms with Crippen molar-refractivity contribution in [3.05, 3.63) is 99.3 Å². The summed E-state index contributed by atoms with van der Waals surface area (Å²) in [6.07, 6.45) is 0. The van der Waals surface area contributed by atoms with Crippen LogP contribution in [0, 0.1) is 0 Å². The van der Waals surface area contributed by atoms with Crippen LogP contribution in [-0.4, -0.2) is 33.2 Å². The summed E-state index contributed by atoms with van der Waals surface area (Å²) in [4.78, 5) is 11.9. The number of hydrogen-bond acceptors (Lipinski definition) is 4. The number of halogens is 4. The molecule has 0 amide bonds. The lowest BCUT2D eigenvalue weighted by Gasteiger charge is -2.17. The largest absolute Gasteiger partial charge is 0.497 e. The number of aromatic carboxylic acids is 1. The van der Waals surface area contributed by atoms with Crippen molar-refractivity contribution in [2.24, 2.45) is 0 Å². The first kappa shape index (κ1) is 23.7. The molecule has 0 unspecified atom stereocenters. The van der Waals surface area contributed by atoms with Crippen LogP contribution >= 0.6 is 23.2 Å². The molecule has 1 heterocycles. The Morgan fingerprint density at radius 2 is 1.74 bits per heavy atom. The topological polar surface area (TPSA) is 77.2 Å². The number of ether oxygens (including phenoxy) is 1. The second-order valence-corrected chi connectivity index (χ2v) is 8.22. The SMILES string of the molecule is COc1ccc(Cn2nnc(C(F)(F)c3ccc(-c4ccc(Cl)cc4)c(Cl)c3)c2C(=O)O)cc1. The number of alkyl halides is 2. The molecule has 0 saturated heterocycles. The number of aromatic nitrogens is 3. The normalized spacial score (nSPS) is 11.4. The van der Waals surface area contributed by atoms with E-state index in [1.165, 1.54) is 19.2 Å². The van der Waals surface area contributed by atoms with E-state index in [9.17, 15) is 9.90 Å². The summed E-state index contributed by atoms with van der Waals surface area (Å²) in [5.74, 6) is -4.72. The Morgan fingerprint density at radius 3 is 2.32 bits per heavy atom. The first-order valence-corrected chi connectivity index (χ1v) is 10.7. The number of hydrogen-bond donors (Lipinski definition) is 1. The molecule has 1 N–H and O–H groups in total. The second kappa shape index (κ2) is 9.40. The molecule has 0 aliphatic heterocycles. The van der Waals surface area contributed by atoms with Crippen molar-refractivity contribution >= 4 is 29.2 Å². The molecule has 6 nitrogen and oxygen atoms in total. The third-order valence-corrected chi connectivity index (χ3v) is 5.78. The monoisotopic (exact) mass is 503 g/mol. The molecule has 0 aliphatic carbocycles. The molecular formula is C24H17Cl2F2N3O3. The van der Waals surface area contributed by atoms with E-state index in [0.717, 1.165) is 10.7 Å². The molecule has 0 radical (unpaired) electrons. The van der Waals surface area contributed by atoms with Crippen LogP contribution in [-0.2, 0) is 12.5 Å². The summed E-state index contributed by atoms with van der Waals surface area (Å²) in [5, 5.41) is 17.5. The number of rotatable bonds is 7. The highest BCUT2D eigenvalue weighted by atomic mass is 35.5. The van der Waals surface area contributed by atoms with Crippen LogP contribution in [0.5, 0.6) is 5.75 Å². The third-order valence-electron chi connectivity index (χ3n) is 5.21. The van der Waals surface area contributed by atoms with Crippen molar-refractivity contribution in [3.8, 4) is 16.9 Å². The highest BCUT2D eigenvalue weighted by molar-refractivity contribution is 6.33. The van der Waals surface area contributed by atoms with Crippen molar-refractivity contribution < 1.29 is 23.4 Å². The van der Waals surface area contributed by atoms with Gasteiger partial charge < -0.3 is 9.84 Å². The minimum atomic E-state index is -3.76. The average molecular weight is 504 g/mol. The fourth-order valence-corrected chi connectivity index (χ4v) is 3.88. The number of benzene rings is 3. The van der Waals surface area contributed by atoms with Crippen LogP contribution in [0.1, 0.15) is 27.3 Å². The van der Waals surface area contributed by atoms with Crippen LogP contribution in [0.25, 0.3) is 11.1 Å². The van der Waals surface area contributed by atoms with Crippen LogP contribution in [0.3, 0.4) is 0 Å². The van der Waals surface area contributed by atoms with E-state index in [4.69, 9.17) is 27.9 Å². The van der Waals surface area contributed by atoms with Crippen LogP contribution < -0.4 is 4.74 Å². The van der Waals surface area contributed by atoms with E-state index in [1.54, 1.807) is 48.5 Å². The van der Waals surface area contributed by atoms with Gasteiger partial charge in [0.2, 0.25) is 0 Å². The van der Waals surface area contributed by atoms with Gasteiger partial charge in [-0.15, -0.1) is 5.10 Å². The highest BCUT2D eigenvalue weighted by Crippen LogP contribution is 2.40. The van der Waals surface area contributed by atoms with E-state index in [-0.39, 0.29) is 11.6 Å². The molecule has 0 saturated carbocycles. The minimum Gasteiger partial charge on any atom is -0.497 e. The number of carbonyl (C=O) groups is 1. The standard InChI is InChI=1S/C24H17Cl2F2N3O3/c1-34-18-9-2-14(3-10-18)13-31-21(23(32)33)22(29-30-31)24(27,28)16-6-11-19(20(26)12-16)15-4-7-17(25)8-5-15/h2-12H,13H2,1H3,(H,32,33).